The van der Waals surface area contributed by atoms with Gasteiger partial charge in [0.2, 0.25) is 0 Å². The van der Waals surface area contributed by atoms with Crippen LogP contribution in [-0.4, -0.2) is 14.3 Å². The van der Waals surface area contributed by atoms with Gasteiger partial charge in [-0.1, -0.05) is 35.9 Å². The van der Waals surface area contributed by atoms with Crippen molar-refractivity contribution < 1.29 is 13.2 Å². The van der Waals surface area contributed by atoms with Crippen LogP contribution in [0.2, 0.25) is 5.02 Å². The van der Waals surface area contributed by atoms with E-state index < -0.39 is 10.0 Å². The highest BCUT2D eigenvalue weighted by atomic mass is 35.5. The molecule has 0 saturated carbocycles. The number of para-hydroxylation sites is 1. The Bertz CT molecular complexity index is 1130. The number of carbonyl (C=O) groups is 1. The van der Waals surface area contributed by atoms with E-state index in [4.69, 9.17) is 11.6 Å². The number of halogens is 1. The first-order chi connectivity index (χ1) is 13.3. The van der Waals surface area contributed by atoms with E-state index in [2.05, 4.69) is 10.0 Å². The molecule has 0 spiro atoms. The van der Waals surface area contributed by atoms with Crippen LogP contribution in [0, 0.1) is 13.8 Å². The number of amides is 1. The van der Waals surface area contributed by atoms with Crippen molar-refractivity contribution >= 4 is 38.9 Å². The summed E-state index contributed by atoms with van der Waals surface area (Å²) in [5.74, 6) is -0.351. The molecule has 0 unspecified atom stereocenters. The molecule has 0 fully saturated rings. The summed E-state index contributed by atoms with van der Waals surface area (Å²) in [4.78, 5) is 12.5. The van der Waals surface area contributed by atoms with E-state index in [1.165, 1.54) is 24.3 Å². The number of benzene rings is 3. The monoisotopic (exact) mass is 414 g/mol. The molecular weight excluding hydrogens is 396 g/mol. The fraction of sp³-hybridized carbons (Fsp3) is 0.0952. The molecule has 3 rings (SSSR count). The van der Waals surface area contributed by atoms with E-state index in [1.807, 2.05) is 32.0 Å². The van der Waals surface area contributed by atoms with Gasteiger partial charge in [-0.05, 0) is 67.4 Å². The van der Waals surface area contributed by atoms with E-state index in [9.17, 15) is 13.2 Å². The topological polar surface area (TPSA) is 75.3 Å². The van der Waals surface area contributed by atoms with Gasteiger partial charge in [-0.25, -0.2) is 8.42 Å². The van der Waals surface area contributed by atoms with Gasteiger partial charge >= 0.3 is 0 Å². The lowest BCUT2D eigenvalue weighted by Gasteiger charge is -2.11. The van der Waals surface area contributed by atoms with Crippen LogP contribution in [0.4, 0.5) is 11.4 Å². The normalized spacial score (nSPS) is 11.1. The van der Waals surface area contributed by atoms with Crippen molar-refractivity contribution in [1.82, 2.24) is 0 Å². The summed E-state index contributed by atoms with van der Waals surface area (Å²) in [5, 5.41) is 3.30. The molecule has 3 aromatic rings. The quantitative estimate of drug-likeness (QED) is 0.616. The first-order valence-corrected chi connectivity index (χ1v) is 10.4. The molecule has 0 radical (unpaired) electrons. The Kier molecular flexibility index (Phi) is 5.72. The maximum Gasteiger partial charge on any atom is 0.261 e. The number of anilines is 2. The van der Waals surface area contributed by atoms with E-state index in [0.29, 0.717) is 22.0 Å². The van der Waals surface area contributed by atoms with Crippen LogP contribution >= 0.6 is 11.6 Å². The lowest BCUT2D eigenvalue weighted by molar-refractivity contribution is 0.102. The molecule has 144 valence electrons. The summed E-state index contributed by atoms with van der Waals surface area (Å²) in [7, 11) is -3.75. The highest BCUT2D eigenvalue weighted by Gasteiger charge is 2.16. The predicted molar refractivity (Wildman–Crippen MR) is 113 cm³/mol. The van der Waals surface area contributed by atoms with Crippen molar-refractivity contribution in [2.75, 3.05) is 10.0 Å². The summed E-state index contributed by atoms with van der Waals surface area (Å²) in [6, 6.07) is 18.1. The van der Waals surface area contributed by atoms with Gasteiger partial charge in [0.05, 0.1) is 10.6 Å². The molecule has 0 saturated heterocycles. The van der Waals surface area contributed by atoms with Gasteiger partial charge in [0.15, 0.2) is 0 Å². The van der Waals surface area contributed by atoms with Gasteiger partial charge in [0.1, 0.15) is 0 Å². The largest absolute Gasteiger partial charge is 0.322 e. The standard InChI is InChI=1S/C21H19ClN2O3S/c1-14-7-10-17(13-19(14)22)23-21(25)16-8-11-18(12-9-16)28(26,27)24-20-6-4-3-5-15(20)2/h3-13,24H,1-2H3,(H,23,25). The molecule has 0 aliphatic carbocycles. The molecular formula is C21H19ClN2O3S. The number of rotatable bonds is 5. The third-order valence-corrected chi connectivity index (χ3v) is 6.03. The predicted octanol–water partition coefficient (Wildman–Crippen LogP) is 5.01. The van der Waals surface area contributed by atoms with E-state index in [0.717, 1.165) is 11.1 Å². The molecule has 1 amide bonds. The molecule has 7 heteroatoms. The molecule has 3 aromatic carbocycles. The van der Waals surface area contributed by atoms with Crippen molar-refractivity contribution in [1.29, 1.82) is 0 Å². The lowest BCUT2D eigenvalue weighted by atomic mass is 10.2. The molecule has 0 bridgehead atoms. The molecule has 28 heavy (non-hydrogen) atoms. The Labute approximate surface area is 169 Å². The van der Waals surface area contributed by atoms with Crippen molar-refractivity contribution in [3.8, 4) is 0 Å². The number of hydrogen-bond donors (Lipinski definition) is 2. The minimum atomic E-state index is -3.75. The van der Waals surface area contributed by atoms with Crippen molar-refractivity contribution in [3.05, 3.63) is 88.4 Å². The van der Waals surface area contributed by atoms with E-state index in [1.54, 1.807) is 24.3 Å². The number of sulfonamides is 1. The number of carbonyl (C=O) groups excluding carboxylic acids is 1. The van der Waals surface area contributed by atoms with Crippen LogP contribution < -0.4 is 10.0 Å². The number of aryl methyl sites for hydroxylation is 2. The van der Waals surface area contributed by atoms with Gasteiger partial charge in [-0.3, -0.25) is 9.52 Å². The second-order valence-electron chi connectivity index (χ2n) is 6.36. The van der Waals surface area contributed by atoms with Gasteiger partial charge < -0.3 is 5.32 Å². The van der Waals surface area contributed by atoms with Crippen molar-refractivity contribution in [2.45, 2.75) is 18.7 Å². The Morgan fingerprint density at radius 1 is 0.893 bits per heavy atom. The summed E-state index contributed by atoms with van der Waals surface area (Å²) >= 11 is 6.07. The second-order valence-corrected chi connectivity index (χ2v) is 8.45. The number of hydrogen-bond acceptors (Lipinski definition) is 3. The summed E-state index contributed by atoms with van der Waals surface area (Å²) in [6.07, 6.45) is 0. The maximum atomic E-state index is 12.6. The summed E-state index contributed by atoms with van der Waals surface area (Å²) in [6.45, 7) is 3.70. The first kappa shape index (κ1) is 19.9. The number of nitrogens with one attached hydrogen (secondary N) is 2. The van der Waals surface area contributed by atoms with E-state index >= 15 is 0 Å². The average molecular weight is 415 g/mol. The van der Waals surface area contributed by atoms with Crippen LogP contribution in [-0.2, 0) is 10.0 Å². The zero-order valence-electron chi connectivity index (χ0n) is 15.4. The third kappa shape index (κ3) is 4.52. The van der Waals surface area contributed by atoms with Crippen LogP contribution in [0.5, 0.6) is 0 Å². The Balaban J connectivity index is 1.76. The molecule has 0 aromatic heterocycles. The van der Waals surface area contributed by atoms with E-state index in [-0.39, 0.29) is 10.8 Å². The highest BCUT2D eigenvalue weighted by Crippen LogP contribution is 2.22. The minimum absolute atomic E-state index is 0.0747. The molecule has 2 N–H and O–H groups in total. The molecule has 0 aliphatic heterocycles. The summed E-state index contributed by atoms with van der Waals surface area (Å²) < 4.78 is 27.7. The second kappa shape index (κ2) is 8.04. The lowest BCUT2D eigenvalue weighted by Crippen LogP contribution is -2.15. The van der Waals surface area contributed by atoms with Crippen molar-refractivity contribution in [3.63, 3.8) is 0 Å². The minimum Gasteiger partial charge on any atom is -0.322 e. The first-order valence-electron chi connectivity index (χ1n) is 8.52. The van der Waals surface area contributed by atoms with Gasteiger partial charge in [0, 0.05) is 16.3 Å². The molecule has 5 nitrogen and oxygen atoms in total. The van der Waals surface area contributed by atoms with Crippen LogP contribution in [0.1, 0.15) is 21.5 Å². The van der Waals surface area contributed by atoms with Crippen LogP contribution in [0.3, 0.4) is 0 Å². The Hall–Kier alpha value is -2.83. The summed E-state index contributed by atoms with van der Waals surface area (Å²) in [5.41, 5.74) is 3.15. The van der Waals surface area contributed by atoms with Crippen molar-refractivity contribution in [2.24, 2.45) is 0 Å². The fourth-order valence-corrected chi connectivity index (χ4v) is 3.86. The zero-order chi connectivity index (χ0) is 20.3. The van der Waals surface area contributed by atoms with Crippen LogP contribution in [0.15, 0.2) is 71.6 Å². The Morgan fingerprint density at radius 3 is 2.21 bits per heavy atom. The third-order valence-electron chi connectivity index (χ3n) is 4.25. The van der Waals surface area contributed by atoms with Gasteiger partial charge in [-0.2, -0.15) is 0 Å². The molecule has 0 atom stereocenters. The maximum absolute atomic E-state index is 12.6. The molecule has 0 heterocycles. The van der Waals surface area contributed by atoms with Gasteiger partial charge in [-0.15, -0.1) is 0 Å². The van der Waals surface area contributed by atoms with Gasteiger partial charge in [0.25, 0.3) is 15.9 Å². The highest BCUT2D eigenvalue weighted by molar-refractivity contribution is 7.92. The average Bonchev–Trinajstić information content (AvgIpc) is 2.66. The smallest absolute Gasteiger partial charge is 0.261 e. The fourth-order valence-electron chi connectivity index (χ4n) is 2.55. The van der Waals surface area contributed by atoms with Crippen LogP contribution in [0.25, 0.3) is 0 Å². The SMILES string of the molecule is Cc1ccc(NC(=O)c2ccc(S(=O)(=O)Nc3ccccc3C)cc2)cc1Cl. The Morgan fingerprint density at radius 2 is 1.57 bits per heavy atom. The zero-order valence-corrected chi connectivity index (χ0v) is 16.9. The molecule has 0 aliphatic rings.